The van der Waals surface area contributed by atoms with Crippen LogP contribution in [0.4, 0.5) is 4.39 Å². The summed E-state index contributed by atoms with van der Waals surface area (Å²) in [7, 11) is 0. The number of halogens is 2. The fraction of sp³-hybridized carbons (Fsp3) is 0.458. The third-order valence-electron chi connectivity index (χ3n) is 7.69. The third kappa shape index (κ3) is 2.55. The van der Waals surface area contributed by atoms with E-state index in [1.54, 1.807) is 6.07 Å². The largest absolute Gasteiger partial charge is 0.306 e. The fourth-order valence-corrected chi connectivity index (χ4v) is 6.09. The standard InChI is InChI=1S/C24H24ClFN2O/c25-16-11-18-17-5-2-6-20(26)21(17)23(29)28-14-24(19(12-16)22(18)28)7-9-27(10-8-24)13-15-3-1-4-15/h2,5-6,11-12,15H,1,3-4,7-10,13-14H2. The Morgan fingerprint density at radius 3 is 2.66 bits per heavy atom. The molecule has 150 valence electrons. The van der Waals surface area contributed by atoms with Crippen LogP contribution in [0.25, 0.3) is 21.7 Å². The topological polar surface area (TPSA) is 25.2 Å². The van der Waals surface area contributed by atoms with Crippen molar-refractivity contribution in [2.24, 2.45) is 5.92 Å². The lowest BCUT2D eigenvalue weighted by atomic mass is 9.73. The van der Waals surface area contributed by atoms with Gasteiger partial charge in [-0.15, -0.1) is 0 Å². The number of pyridine rings is 1. The lowest BCUT2D eigenvalue weighted by Gasteiger charge is -2.42. The highest BCUT2D eigenvalue weighted by atomic mass is 35.5. The Bertz CT molecular complexity index is 1210. The van der Waals surface area contributed by atoms with E-state index in [-0.39, 0.29) is 16.4 Å². The molecule has 3 aromatic rings. The van der Waals surface area contributed by atoms with Crippen LogP contribution in [-0.4, -0.2) is 29.1 Å². The maximum Gasteiger partial charge on any atom is 0.261 e. The lowest BCUT2D eigenvalue weighted by Crippen LogP contribution is -2.45. The van der Waals surface area contributed by atoms with E-state index in [0.717, 1.165) is 42.8 Å². The normalized spacial score (nSPS) is 21.3. The minimum absolute atomic E-state index is 0.0702. The van der Waals surface area contributed by atoms with E-state index in [2.05, 4.69) is 11.0 Å². The fourth-order valence-electron chi connectivity index (χ4n) is 5.87. The van der Waals surface area contributed by atoms with Gasteiger partial charge in [0.15, 0.2) is 0 Å². The molecule has 6 rings (SSSR count). The zero-order valence-corrected chi connectivity index (χ0v) is 17.1. The van der Waals surface area contributed by atoms with Gasteiger partial charge < -0.3 is 9.47 Å². The SMILES string of the molecule is O=c1c2c(F)cccc2c2cc(Cl)cc3c2n1CC31CCN(CC2CCC2)CC1. The summed E-state index contributed by atoms with van der Waals surface area (Å²) in [4.78, 5) is 15.9. The van der Waals surface area contributed by atoms with Gasteiger partial charge in [-0.1, -0.05) is 30.2 Å². The summed E-state index contributed by atoms with van der Waals surface area (Å²) >= 11 is 6.54. The number of nitrogens with zero attached hydrogens (tertiary/aromatic N) is 2. The summed E-state index contributed by atoms with van der Waals surface area (Å²) in [6.07, 6.45) is 6.17. The van der Waals surface area contributed by atoms with Crippen molar-refractivity contribution in [2.75, 3.05) is 19.6 Å². The van der Waals surface area contributed by atoms with Crippen molar-refractivity contribution in [3.05, 3.63) is 57.1 Å². The summed E-state index contributed by atoms with van der Waals surface area (Å²) < 4.78 is 16.4. The Morgan fingerprint density at radius 2 is 1.93 bits per heavy atom. The molecule has 3 heterocycles. The van der Waals surface area contributed by atoms with Gasteiger partial charge in [-0.05, 0) is 73.8 Å². The van der Waals surface area contributed by atoms with E-state index in [1.807, 2.05) is 16.7 Å². The minimum Gasteiger partial charge on any atom is -0.306 e. The molecule has 3 nitrogen and oxygen atoms in total. The van der Waals surface area contributed by atoms with Crippen molar-refractivity contribution in [2.45, 2.75) is 44.1 Å². The Balaban J connectivity index is 1.48. The zero-order valence-electron chi connectivity index (χ0n) is 16.4. The minimum atomic E-state index is -0.448. The summed E-state index contributed by atoms with van der Waals surface area (Å²) in [5, 5.41) is 2.42. The average molecular weight is 411 g/mol. The van der Waals surface area contributed by atoms with Gasteiger partial charge in [-0.3, -0.25) is 4.79 Å². The van der Waals surface area contributed by atoms with Crippen molar-refractivity contribution in [3.63, 3.8) is 0 Å². The van der Waals surface area contributed by atoms with Gasteiger partial charge in [0.2, 0.25) is 0 Å². The Morgan fingerprint density at radius 1 is 1.14 bits per heavy atom. The molecule has 0 N–H and O–H groups in total. The number of piperidine rings is 1. The second-order valence-electron chi connectivity index (χ2n) is 9.28. The third-order valence-corrected chi connectivity index (χ3v) is 7.91. The molecular formula is C24H24ClFN2O. The first-order valence-electron chi connectivity index (χ1n) is 10.7. The van der Waals surface area contributed by atoms with Gasteiger partial charge in [-0.2, -0.15) is 0 Å². The lowest BCUT2D eigenvalue weighted by molar-refractivity contribution is 0.113. The quantitative estimate of drug-likeness (QED) is 0.549. The van der Waals surface area contributed by atoms with E-state index >= 15 is 0 Å². The average Bonchev–Trinajstić information content (AvgIpc) is 2.99. The van der Waals surface area contributed by atoms with Crippen LogP contribution in [0.15, 0.2) is 35.1 Å². The van der Waals surface area contributed by atoms with Crippen LogP contribution in [0, 0.1) is 11.7 Å². The molecule has 2 fully saturated rings. The first kappa shape index (κ1) is 17.9. The van der Waals surface area contributed by atoms with E-state index in [4.69, 9.17) is 11.6 Å². The predicted octanol–water partition coefficient (Wildman–Crippen LogP) is 5.09. The predicted molar refractivity (Wildman–Crippen MR) is 115 cm³/mol. The van der Waals surface area contributed by atoms with Crippen LogP contribution in [0.2, 0.25) is 5.02 Å². The van der Waals surface area contributed by atoms with Gasteiger partial charge in [0.1, 0.15) is 5.82 Å². The highest BCUT2D eigenvalue weighted by Gasteiger charge is 2.43. The summed E-state index contributed by atoms with van der Waals surface area (Å²) in [6.45, 7) is 3.96. The van der Waals surface area contributed by atoms with E-state index in [0.29, 0.717) is 17.0 Å². The smallest absolute Gasteiger partial charge is 0.261 e. The molecule has 1 spiro atoms. The van der Waals surface area contributed by atoms with Crippen LogP contribution in [0.5, 0.6) is 0 Å². The summed E-state index contributed by atoms with van der Waals surface area (Å²) in [5.41, 5.74) is 1.87. The Labute approximate surface area is 174 Å². The monoisotopic (exact) mass is 410 g/mol. The van der Waals surface area contributed by atoms with Gasteiger partial charge in [-0.25, -0.2) is 4.39 Å². The Hall–Kier alpha value is -1.91. The maximum atomic E-state index is 14.6. The number of aromatic nitrogens is 1. The highest BCUT2D eigenvalue weighted by Crippen LogP contribution is 2.47. The molecule has 29 heavy (non-hydrogen) atoms. The molecule has 1 aliphatic carbocycles. The zero-order chi connectivity index (χ0) is 19.8. The Kier molecular flexibility index (Phi) is 3.89. The van der Waals surface area contributed by atoms with E-state index < -0.39 is 5.82 Å². The molecule has 0 atom stereocenters. The number of fused-ring (bicyclic) bond motifs is 3. The number of rotatable bonds is 2. The molecule has 0 radical (unpaired) electrons. The van der Waals surface area contributed by atoms with Crippen molar-refractivity contribution in [3.8, 4) is 0 Å². The van der Waals surface area contributed by atoms with Crippen molar-refractivity contribution in [1.29, 1.82) is 0 Å². The van der Waals surface area contributed by atoms with Gasteiger partial charge in [0.25, 0.3) is 5.56 Å². The van der Waals surface area contributed by atoms with Crippen molar-refractivity contribution >= 4 is 33.3 Å². The van der Waals surface area contributed by atoms with Crippen LogP contribution in [-0.2, 0) is 12.0 Å². The number of hydrogen-bond acceptors (Lipinski definition) is 2. The molecule has 2 aromatic carbocycles. The first-order valence-corrected chi connectivity index (χ1v) is 11.1. The molecular weight excluding hydrogens is 387 g/mol. The maximum absolute atomic E-state index is 14.6. The second kappa shape index (κ2) is 6.29. The molecule has 0 amide bonds. The number of benzene rings is 2. The van der Waals surface area contributed by atoms with E-state index in [1.165, 1.54) is 37.4 Å². The van der Waals surface area contributed by atoms with Crippen molar-refractivity contribution in [1.82, 2.24) is 9.47 Å². The summed E-state index contributed by atoms with van der Waals surface area (Å²) in [6, 6.07) is 8.83. The van der Waals surface area contributed by atoms with Gasteiger partial charge in [0.05, 0.1) is 10.9 Å². The van der Waals surface area contributed by atoms with Crippen LogP contribution < -0.4 is 5.56 Å². The molecule has 2 aliphatic heterocycles. The van der Waals surface area contributed by atoms with Crippen LogP contribution >= 0.6 is 11.6 Å². The first-order chi connectivity index (χ1) is 14.1. The van der Waals surface area contributed by atoms with Crippen LogP contribution in [0.3, 0.4) is 0 Å². The number of likely N-dealkylation sites (tertiary alicyclic amines) is 1. The van der Waals surface area contributed by atoms with Crippen LogP contribution in [0.1, 0.15) is 37.7 Å². The highest BCUT2D eigenvalue weighted by molar-refractivity contribution is 6.32. The molecule has 3 aliphatic rings. The van der Waals surface area contributed by atoms with Gasteiger partial charge >= 0.3 is 0 Å². The molecule has 1 saturated carbocycles. The summed E-state index contributed by atoms with van der Waals surface area (Å²) in [5.74, 6) is 0.425. The molecule has 1 saturated heterocycles. The number of hydrogen-bond donors (Lipinski definition) is 0. The molecule has 0 bridgehead atoms. The van der Waals surface area contributed by atoms with Crippen molar-refractivity contribution < 1.29 is 4.39 Å². The second-order valence-corrected chi connectivity index (χ2v) is 9.72. The molecule has 5 heteroatoms. The molecule has 1 aromatic heterocycles. The van der Waals surface area contributed by atoms with E-state index in [9.17, 15) is 9.18 Å². The van der Waals surface area contributed by atoms with Gasteiger partial charge in [0, 0.05) is 28.9 Å². The molecule has 0 unspecified atom stereocenters.